The summed E-state index contributed by atoms with van der Waals surface area (Å²) in [5.74, 6) is 1.53. The number of esters is 1. The zero-order valence-corrected chi connectivity index (χ0v) is 7.97. The Morgan fingerprint density at radius 1 is 1.67 bits per heavy atom. The van der Waals surface area contributed by atoms with E-state index in [2.05, 4.69) is 15.2 Å². The average molecular weight is 190 g/mol. The fourth-order valence-corrected chi connectivity index (χ4v) is 1.16. The van der Waals surface area contributed by atoms with E-state index in [9.17, 15) is 9.36 Å². The van der Waals surface area contributed by atoms with Crippen molar-refractivity contribution in [3.63, 3.8) is 0 Å². The van der Waals surface area contributed by atoms with Crippen LogP contribution in [0.2, 0.25) is 0 Å². The Kier molecular flexibility index (Phi) is 4.65. The van der Waals surface area contributed by atoms with Gasteiger partial charge in [0, 0.05) is 13.8 Å². The fraction of sp³-hybridized carbons (Fsp3) is 0.571. The predicted octanol–water partition coefficient (Wildman–Crippen LogP) is 0.717. The van der Waals surface area contributed by atoms with Gasteiger partial charge in [-0.1, -0.05) is 5.92 Å². The molecule has 0 heterocycles. The minimum Gasteiger partial charge on any atom is -0.452 e. The Balaban J connectivity index is 3.86. The van der Waals surface area contributed by atoms with Crippen LogP contribution in [0.25, 0.3) is 0 Å². The number of carbonyl (C=O) groups excluding carboxylic acids is 1. The van der Waals surface area contributed by atoms with E-state index < -0.39 is 13.3 Å². The van der Waals surface area contributed by atoms with Gasteiger partial charge in [0.15, 0.2) is 6.61 Å². The third-order valence-corrected chi connectivity index (χ3v) is 2.72. The molecular formula is C7H11O4P. The van der Waals surface area contributed by atoms with Crippen LogP contribution in [-0.2, 0) is 18.6 Å². The SMILES string of the molecule is C#CCOC(=O)CP(C)(=O)OC. The molecule has 5 heteroatoms. The Labute approximate surface area is 71.7 Å². The third kappa shape index (κ3) is 4.95. The molecule has 0 aliphatic carbocycles. The predicted molar refractivity (Wildman–Crippen MR) is 45.2 cm³/mol. The quantitative estimate of drug-likeness (QED) is 0.372. The zero-order chi connectivity index (χ0) is 9.61. The highest BCUT2D eigenvalue weighted by Gasteiger charge is 2.19. The molecule has 0 radical (unpaired) electrons. The van der Waals surface area contributed by atoms with Crippen molar-refractivity contribution < 1.29 is 18.6 Å². The molecule has 0 saturated heterocycles. The first-order valence-electron chi connectivity index (χ1n) is 3.23. The van der Waals surface area contributed by atoms with E-state index in [0.29, 0.717) is 0 Å². The van der Waals surface area contributed by atoms with E-state index in [1.807, 2.05) is 0 Å². The average Bonchev–Trinajstić information content (AvgIpc) is 2.00. The molecule has 0 amide bonds. The maximum atomic E-state index is 11.2. The second-order valence-electron chi connectivity index (χ2n) is 2.22. The zero-order valence-electron chi connectivity index (χ0n) is 7.07. The minimum atomic E-state index is -2.81. The van der Waals surface area contributed by atoms with Gasteiger partial charge >= 0.3 is 5.97 Å². The van der Waals surface area contributed by atoms with E-state index in [1.165, 1.54) is 13.8 Å². The van der Waals surface area contributed by atoms with Gasteiger partial charge in [-0.3, -0.25) is 9.36 Å². The first-order valence-corrected chi connectivity index (χ1v) is 5.49. The van der Waals surface area contributed by atoms with Crippen molar-refractivity contribution >= 4 is 13.3 Å². The number of rotatable bonds is 4. The van der Waals surface area contributed by atoms with E-state index in [4.69, 9.17) is 6.42 Å². The highest BCUT2D eigenvalue weighted by Crippen LogP contribution is 2.40. The number of hydrogen-bond acceptors (Lipinski definition) is 4. The summed E-state index contributed by atoms with van der Waals surface area (Å²) in [6.07, 6.45) is 4.61. The first-order chi connectivity index (χ1) is 5.52. The Morgan fingerprint density at radius 2 is 2.25 bits per heavy atom. The summed E-state index contributed by atoms with van der Waals surface area (Å²) in [6.45, 7) is 1.27. The highest BCUT2D eigenvalue weighted by atomic mass is 31.2. The molecule has 4 nitrogen and oxygen atoms in total. The minimum absolute atomic E-state index is 0.0947. The number of terminal acetylenes is 1. The van der Waals surface area contributed by atoms with Gasteiger partial charge in [-0.05, 0) is 0 Å². The maximum absolute atomic E-state index is 11.2. The topological polar surface area (TPSA) is 52.6 Å². The van der Waals surface area contributed by atoms with Crippen LogP contribution in [0.1, 0.15) is 0 Å². The van der Waals surface area contributed by atoms with Crippen LogP contribution >= 0.6 is 7.37 Å². The lowest BCUT2D eigenvalue weighted by atomic mass is 10.7. The molecule has 68 valence electrons. The van der Waals surface area contributed by atoms with Gasteiger partial charge in [0.05, 0.1) is 0 Å². The molecule has 1 unspecified atom stereocenters. The molecule has 12 heavy (non-hydrogen) atoms. The van der Waals surface area contributed by atoms with Crippen LogP contribution in [0, 0.1) is 12.3 Å². The number of ether oxygens (including phenoxy) is 1. The fourth-order valence-electron chi connectivity index (χ4n) is 0.467. The van der Waals surface area contributed by atoms with Crippen molar-refractivity contribution in [2.75, 3.05) is 26.5 Å². The summed E-state index contributed by atoms with van der Waals surface area (Å²) in [6, 6.07) is 0. The Hall–Kier alpha value is -0.780. The van der Waals surface area contributed by atoms with Gasteiger partial charge in [-0.2, -0.15) is 0 Å². The molecule has 0 aliphatic rings. The van der Waals surface area contributed by atoms with E-state index in [0.717, 1.165) is 0 Å². The van der Waals surface area contributed by atoms with Gasteiger partial charge in [-0.15, -0.1) is 6.42 Å². The van der Waals surface area contributed by atoms with E-state index in [1.54, 1.807) is 0 Å². The Bertz CT molecular complexity index is 240. The van der Waals surface area contributed by atoms with Gasteiger partial charge in [0.25, 0.3) is 0 Å². The maximum Gasteiger partial charge on any atom is 0.316 e. The van der Waals surface area contributed by atoms with Gasteiger partial charge in [0.2, 0.25) is 7.37 Å². The highest BCUT2D eigenvalue weighted by molar-refractivity contribution is 7.59. The van der Waals surface area contributed by atoms with Crippen molar-refractivity contribution in [3.8, 4) is 12.3 Å². The second-order valence-corrected chi connectivity index (χ2v) is 4.93. The van der Waals surface area contributed by atoms with Crippen molar-refractivity contribution in [1.82, 2.24) is 0 Å². The van der Waals surface area contributed by atoms with Crippen LogP contribution < -0.4 is 0 Å². The van der Waals surface area contributed by atoms with Crippen LogP contribution in [-0.4, -0.2) is 32.5 Å². The lowest BCUT2D eigenvalue weighted by Gasteiger charge is -2.08. The summed E-state index contributed by atoms with van der Waals surface area (Å²) >= 11 is 0. The van der Waals surface area contributed by atoms with E-state index in [-0.39, 0.29) is 12.8 Å². The molecule has 0 aromatic carbocycles. The largest absolute Gasteiger partial charge is 0.452 e. The number of carbonyl (C=O) groups is 1. The molecule has 0 bridgehead atoms. The summed E-state index contributed by atoms with van der Waals surface area (Å²) in [5.41, 5.74) is 0. The molecule has 0 aliphatic heterocycles. The second kappa shape index (κ2) is 4.97. The molecule has 0 fully saturated rings. The van der Waals surface area contributed by atoms with Crippen LogP contribution in [0.5, 0.6) is 0 Å². The van der Waals surface area contributed by atoms with Crippen molar-refractivity contribution in [3.05, 3.63) is 0 Å². The summed E-state index contributed by atoms with van der Waals surface area (Å²) in [4.78, 5) is 10.8. The van der Waals surface area contributed by atoms with Crippen LogP contribution in [0.3, 0.4) is 0 Å². The van der Waals surface area contributed by atoms with Crippen LogP contribution in [0.4, 0.5) is 0 Å². The molecule has 0 saturated carbocycles. The van der Waals surface area contributed by atoms with Crippen LogP contribution in [0.15, 0.2) is 0 Å². The lowest BCUT2D eigenvalue weighted by molar-refractivity contribution is -0.139. The summed E-state index contributed by atoms with van der Waals surface area (Å²) < 4.78 is 20.3. The van der Waals surface area contributed by atoms with Crippen molar-refractivity contribution in [1.29, 1.82) is 0 Å². The molecule has 0 aromatic rings. The van der Waals surface area contributed by atoms with Crippen molar-refractivity contribution in [2.45, 2.75) is 0 Å². The smallest absolute Gasteiger partial charge is 0.316 e. The summed E-state index contributed by atoms with van der Waals surface area (Å²) in [7, 11) is -1.53. The monoisotopic (exact) mass is 190 g/mol. The normalized spacial score (nSPS) is 14.4. The lowest BCUT2D eigenvalue weighted by Crippen LogP contribution is -2.10. The standard InChI is InChI=1S/C7H11O4P/c1-4-5-11-7(8)6-12(3,9)10-2/h1H,5-6H2,2-3H3. The Morgan fingerprint density at radius 3 is 2.67 bits per heavy atom. The molecular weight excluding hydrogens is 179 g/mol. The van der Waals surface area contributed by atoms with Gasteiger partial charge < -0.3 is 9.26 Å². The van der Waals surface area contributed by atoms with Gasteiger partial charge in [-0.25, -0.2) is 0 Å². The number of hydrogen-bond donors (Lipinski definition) is 0. The van der Waals surface area contributed by atoms with E-state index >= 15 is 0 Å². The molecule has 0 rings (SSSR count). The summed E-state index contributed by atoms with van der Waals surface area (Å²) in [5, 5.41) is 0. The first kappa shape index (κ1) is 11.2. The molecule has 1 atom stereocenters. The third-order valence-electron chi connectivity index (χ3n) is 1.12. The molecule has 0 aromatic heterocycles. The van der Waals surface area contributed by atoms with Gasteiger partial charge in [0.1, 0.15) is 6.16 Å². The van der Waals surface area contributed by atoms with Crippen molar-refractivity contribution in [2.24, 2.45) is 0 Å². The molecule has 0 spiro atoms. The molecule has 0 N–H and O–H groups in total.